The maximum Gasteiger partial charge on any atom is 0.399 e. The molecule has 0 spiro atoms. The van der Waals surface area contributed by atoms with E-state index in [1.165, 1.54) is 21.9 Å². The highest BCUT2D eigenvalue weighted by molar-refractivity contribution is 7.52. The molecule has 4 saturated heterocycles. The van der Waals surface area contributed by atoms with Crippen LogP contribution in [-0.2, 0) is 55.6 Å². The first-order valence-corrected chi connectivity index (χ1v) is 31.9. The first-order valence-electron chi connectivity index (χ1n) is 29.4. The molecular formula is C60H71F4N10O13PS. The number of amides is 10. The number of benzene rings is 3. The van der Waals surface area contributed by atoms with Crippen molar-refractivity contribution in [2.45, 2.75) is 145 Å². The Kier molecular flexibility index (Phi) is 19.8. The van der Waals surface area contributed by atoms with Gasteiger partial charge in [0.15, 0.2) is 0 Å². The van der Waals surface area contributed by atoms with Crippen molar-refractivity contribution >= 4 is 93.8 Å². The fourth-order valence-electron chi connectivity index (χ4n) is 12.2. The van der Waals surface area contributed by atoms with Gasteiger partial charge in [0.05, 0.1) is 22.5 Å². The molecule has 0 bridgehead atoms. The molecule has 9 rings (SSSR count). The highest BCUT2D eigenvalue weighted by Crippen LogP contribution is 2.59. The molecule has 0 saturated carbocycles. The molecule has 0 radical (unpaired) electrons. The van der Waals surface area contributed by atoms with Crippen LogP contribution >= 0.6 is 18.9 Å². The maximum absolute atomic E-state index is 14.8. The molecule has 5 aliphatic rings. The van der Waals surface area contributed by atoms with E-state index in [9.17, 15) is 79.9 Å². The Balaban J connectivity index is 0.869. The van der Waals surface area contributed by atoms with Crippen molar-refractivity contribution in [3.63, 3.8) is 0 Å². The summed E-state index contributed by atoms with van der Waals surface area (Å²) in [5.41, 5.74) is 2.41. The zero-order valence-electron chi connectivity index (χ0n) is 49.1. The molecule has 4 fully saturated rings. The number of thiophene rings is 1. The van der Waals surface area contributed by atoms with Gasteiger partial charge in [0.2, 0.25) is 41.4 Å². The summed E-state index contributed by atoms with van der Waals surface area (Å²) in [6, 6.07) is 9.02. The van der Waals surface area contributed by atoms with Crippen LogP contribution in [0.5, 0.6) is 0 Å². The van der Waals surface area contributed by atoms with Crippen molar-refractivity contribution in [3.05, 3.63) is 99.4 Å². The topological polar surface area (TPSA) is 327 Å². The molecule has 3 aromatic carbocycles. The molecule has 10 amide bonds. The van der Waals surface area contributed by atoms with Crippen LogP contribution in [0.25, 0.3) is 10.1 Å². The minimum Gasteiger partial charge on any atom is -0.385 e. The van der Waals surface area contributed by atoms with Gasteiger partial charge < -0.3 is 46.6 Å². The lowest BCUT2D eigenvalue weighted by Gasteiger charge is -2.39. The number of halogens is 4. The quantitative estimate of drug-likeness (QED) is 0.0324. The molecule has 4 aromatic rings. The number of rotatable bonds is 21. The van der Waals surface area contributed by atoms with Crippen LogP contribution in [0.3, 0.4) is 0 Å². The number of carbonyl (C=O) groups is 10. The van der Waals surface area contributed by atoms with Crippen molar-refractivity contribution in [3.8, 4) is 0 Å². The zero-order chi connectivity index (χ0) is 64.4. The second kappa shape index (κ2) is 26.8. The van der Waals surface area contributed by atoms with E-state index in [-0.39, 0.29) is 95.3 Å². The number of likely N-dealkylation sites (tertiary alicyclic amines) is 1. The van der Waals surface area contributed by atoms with Crippen molar-refractivity contribution in [2.75, 3.05) is 44.6 Å². The molecular weight excluding hydrogens is 1210 g/mol. The standard InChI is InChI=1S/C60H71F4N10O13PS/c1-59(2,3)35-6-4-33(5-7-35)26-42(57(83)72-24-19-32(20-25-72)18-22-66-37-9-11-39-40(29-37)56(82)74(55(39)81)45-14-17-50(76)70-53(45)79)68-51(77)41(12-16-49(65)75)67-52(78)44-13-10-38-21-23-71(31-48(61)62)30-43(58(84)73(38)44)69-54(80)47-28-34-27-36(8-15-46(34)89-47)60(63,64)88(85,86)87/h4-9,11,15,27-29,32,38,41-45,48,66H,10,12-14,16-26,30-31H2,1-3H3,(H2,65,75)(H,67,78)(H,68,77)(H,69,80)(H,70,76,79)(H2,85,86,87)/t38-,41+,42+,43+,44+,45?/m1/s1. The summed E-state index contributed by atoms with van der Waals surface area (Å²) in [4.78, 5) is 159. The number of nitrogens with one attached hydrogen (secondary N) is 5. The summed E-state index contributed by atoms with van der Waals surface area (Å²) in [7, 11) is -5.94. The van der Waals surface area contributed by atoms with E-state index in [0.29, 0.717) is 50.1 Å². The summed E-state index contributed by atoms with van der Waals surface area (Å²) in [5, 5.41) is 13.7. The molecule has 29 heteroatoms. The van der Waals surface area contributed by atoms with E-state index in [2.05, 4.69) is 26.6 Å². The highest BCUT2D eigenvalue weighted by Gasteiger charge is 2.51. The Labute approximate surface area is 513 Å². The van der Waals surface area contributed by atoms with Gasteiger partial charge in [-0.1, -0.05) is 51.1 Å². The van der Waals surface area contributed by atoms with Gasteiger partial charge >= 0.3 is 13.3 Å². The van der Waals surface area contributed by atoms with Crippen LogP contribution in [0.4, 0.5) is 23.2 Å². The van der Waals surface area contributed by atoms with Crippen LogP contribution < -0.4 is 32.3 Å². The summed E-state index contributed by atoms with van der Waals surface area (Å²) in [6.45, 7) is 6.11. The zero-order valence-corrected chi connectivity index (χ0v) is 50.8. The van der Waals surface area contributed by atoms with Gasteiger partial charge in [-0.3, -0.25) is 67.6 Å². The normalized spacial score (nSPS) is 21.2. The first-order chi connectivity index (χ1) is 42.0. The number of hydrogen-bond donors (Lipinski definition) is 8. The molecule has 6 heterocycles. The average molecular weight is 1280 g/mol. The number of imide groups is 2. The number of carbonyl (C=O) groups excluding carboxylic acids is 10. The molecule has 89 heavy (non-hydrogen) atoms. The SMILES string of the molecule is CC(C)(C)c1ccc(C[C@H](NC(=O)[C@H](CCC(N)=O)NC(=O)[C@@H]2CC[C@@H]3CCN(CC(F)F)C[C@H](NC(=O)c4cc5cc(C(F)(F)P(=O)(O)O)ccc5s4)C(=O)N32)C(=O)N2CCC(CCNc3ccc4c(c3)C(=O)N(C3CCC(=O)NC3=O)C4=O)CC2)cc1. The predicted molar refractivity (Wildman–Crippen MR) is 316 cm³/mol. The maximum atomic E-state index is 14.8. The van der Waals surface area contributed by atoms with Gasteiger partial charge in [0, 0.05) is 74.0 Å². The highest BCUT2D eigenvalue weighted by atomic mass is 32.1. The smallest absolute Gasteiger partial charge is 0.385 e. The number of anilines is 1. The lowest BCUT2D eigenvalue weighted by atomic mass is 9.86. The van der Waals surface area contributed by atoms with Gasteiger partial charge in [-0.2, -0.15) is 8.78 Å². The average Bonchev–Trinajstić information content (AvgIpc) is 1.70. The number of nitrogens with two attached hydrogens (primary N) is 1. The Morgan fingerprint density at radius 3 is 2.18 bits per heavy atom. The van der Waals surface area contributed by atoms with E-state index < -0.39 is 134 Å². The van der Waals surface area contributed by atoms with E-state index >= 15 is 0 Å². The number of hydrogen-bond acceptors (Lipinski definition) is 14. The number of alkyl halides is 4. The minimum atomic E-state index is -5.94. The monoisotopic (exact) mass is 1280 g/mol. The van der Waals surface area contributed by atoms with E-state index in [1.807, 2.05) is 45.0 Å². The number of piperidine rings is 2. The predicted octanol–water partition coefficient (Wildman–Crippen LogP) is 4.47. The molecule has 478 valence electrons. The number of fused-ring (bicyclic) bond motifs is 3. The third-order valence-corrected chi connectivity index (χ3v) is 19.3. The largest absolute Gasteiger partial charge is 0.399 e. The molecule has 1 aromatic heterocycles. The third kappa shape index (κ3) is 15.0. The molecule has 1 unspecified atom stereocenters. The fraction of sp³-hybridized carbons (Fsp3) is 0.500. The summed E-state index contributed by atoms with van der Waals surface area (Å²) < 4.78 is 69.0. The molecule has 23 nitrogen and oxygen atoms in total. The Bertz CT molecular complexity index is 3500. The lowest BCUT2D eigenvalue weighted by molar-refractivity contribution is -0.144. The van der Waals surface area contributed by atoms with Gasteiger partial charge in [0.25, 0.3) is 24.1 Å². The summed E-state index contributed by atoms with van der Waals surface area (Å²) in [6.07, 6.45) is -1.20. The van der Waals surface area contributed by atoms with Crippen LogP contribution in [0.1, 0.15) is 132 Å². The number of nitrogens with zero attached hydrogens (tertiary/aromatic N) is 4. The fourth-order valence-corrected chi connectivity index (χ4v) is 13.7. The Morgan fingerprint density at radius 2 is 1.52 bits per heavy atom. The van der Waals surface area contributed by atoms with Gasteiger partial charge in [0.1, 0.15) is 30.2 Å². The minimum absolute atomic E-state index is 0.00495. The van der Waals surface area contributed by atoms with E-state index in [0.717, 1.165) is 40.0 Å². The van der Waals surface area contributed by atoms with Crippen molar-refractivity contribution < 1.29 is 79.9 Å². The van der Waals surface area contributed by atoms with E-state index in [1.54, 1.807) is 17.0 Å². The molecule has 6 atom stereocenters. The van der Waals surface area contributed by atoms with Crippen molar-refractivity contribution in [1.82, 2.24) is 40.9 Å². The van der Waals surface area contributed by atoms with Crippen LogP contribution in [-0.4, -0.2) is 170 Å². The van der Waals surface area contributed by atoms with Crippen LogP contribution in [0.2, 0.25) is 0 Å². The van der Waals surface area contributed by atoms with Crippen molar-refractivity contribution in [2.24, 2.45) is 11.7 Å². The van der Waals surface area contributed by atoms with Crippen LogP contribution in [0.15, 0.2) is 66.7 Å². The Morgan fingerprint density at radius 1 is 0.820 bits per heavy atom. The van der Waals surface area contributed by atoms with Gasteiger partial charge in [-0.05, 0) is 116 Å². The third-order valence-electron chi connectivity index (χ3n) is 17.2. The summed E-state index contributed by atoms with van der Waals surface area (Å²) in [5.74, 6) is -6.85. The van der Waals surface area contributed by atoms with Gasteiger partial charge in [-0.15, -0.1) is 11.3 Å². The lowest BCUT2D eigenvalue weighted by Crippen LogP contribution is -2.62. The molecule has 5 aliphatic heterocycles. The van der Waals surface area contributed by atoms with Crippen molar-refractivity contribution in [1.29, 1.82) is 0 Å². The second-order valence-electron chi connectivity index (χ2n) is 24.4. The number of primary amides is 1. The summed E-state index contributed by atoms with van der Waals surface area (Å²) >= 11 is 0.808. The van der Waals surface area contributed by atoms with Gasteiger partial charge in [-0.25, -0.2) is 8.78 Å². The van der Waals surface area contributed by atoms with E-state index in [4.69, 9.17) is 5.73 Å². The second-order valence-corrected chi connectivity index (χ2v) is 27.1. The molecule has 9 N–H and O–H groups in total. The van der Waals surface area contributed by atoms with Crippen LogP contribution in [0, 0.1) is 5.92 Å². The first kappa shape index (κ1) is 65.8. The Hall–Kier alpha value is -7.65. The molecule has 0 aliphatic carbocycles.